The Kier molecular flexibility index (Phi) is 4.36. The first kappa shape index (κ1) is 13.1. The Balaban J connectivity index is 2.08. The molecule has 98 valence electrons. The minimum absolute atomic E-state index is 0.358. The van der Waals surface area contributed by atoms with E-state index in [4.69, 9.17) is 10.5 Å². The number of hydrogen-bond donors (Lipinski definition) is 2. The average Bonchev–Trinajstić information content (AvgIpc) is 2.89. The lowest BCUT2D eigenvalue weighted by Crippen LogP contribution is -2.16. The van der Waals surface area contributed by atoms with Crippen molar-refractivity contribution in [3.63, 3.8) is 0 Å². The number of carbonyl (C=O) groups is 1. The first-order chi connectivity index (χ1) is 8.70. The van der Waals surface area contributed by atoms with Crippen LogP contribution >= 0.6 is 11.8 Å². The molecule has 18 heavy (non-hydrogen) atoms. The number of anilines is 2. The fraction of sp³-hybridized carbons (Fsp3) is 0.462. The van der Waals surface area contributed by atoms with E-state index in [9.17, 15) is 4.79 Å². The Morgan fingerprint density at radius 1 is 1.61 bits per heavy atom. The summed E-state index contributed by atoms with van der Waals surface area (Å²) in [6, 6.07) is 5.27. The van der Waals surface area contributed by atoms with Crippen LogP contribution in [-0.4, -0.2) is 30.6 Å². The lowest BCUT2D eigenvalue weighted by Gasteiger charge is -2.14. The van der Waals surface area contributed by atoms with E-state index in [0.717, 1.165) is 12.2 Å². The summed E-state index contributed by atoms with van der Waals surface area (Å²) in [4.78, 5) is 11.7. The normalized spacial score (nSPS) is 18.6. The maximum absolute atomic E-state index is 11.7. The van der Waals surface area contributed by atoms with Gasteiger partial charge < -0.3 is 15.8 Å². The number of hydrogen-bond acceptors (Lipinski definition) is 5. The van der Waals surface area contributed by atoms with E-state index in [1.807, 2.05) is 17.8 Å². The van der Waals surface area contributed by atoms with Crippen LogP contribution < -0.4 is 11.1 Å². The van der Waals surface area contributed by atoms with E-state index in [0.29, 0.717) is 16.5 Å². The van der Waals surface area contributed by atoms with Gasteiger partial charge in [-0.05, 0) is 36.8 Å². The molecule has 0 aliphatic carbocycles. The van der Waals surface area contributed by atoms with E-state index >= 15 is 0 Å². The van der Waals surface area contributed by atoms with E-state index in [2.05, 4.69) is 5.32 Å². The van der Waals surface area contributed by atoms with Gasteiger partial charge in [0.25, 0.3) is 0 Å². The second-order valence-corrected chi connectivity index (χ2v) is 5.72. The number of nitrogens with two attached hydrogens (primary N) is 1. The molecule has 1 saturated heterocycles. The number of methoxy groups -OCH3 is 1. The molecule has 3 N–H and O–H groups in total. The Bertz CT molecular complexity index is 431. The number of nitrogen functional groups attached to an aromatic ring is 1. The lowest BCUT2D eigenvalue weighted by molar-refractivity contribution is 0.0602. The highest BCUT2D eigenvalue weighted by Gasteiger charge is 2.17. The van der Waals surface area contributed by atoms with Crippen LogP contribution in [0.4, 0.5) is 11.4 Å². The molecule has 1 fully saturated rings. The summed E-state index contributed by atoms with van der Waals surface area (Å²) in [5.74, 6) is 0.877. The van der Waals surface area contributed by atoms with Crippen molar-refractivity contribution in [3.8, 4) is 0 Å². The van der Waals surface area contributed by atoms with Crippen molar-refractivity contribution in [2.24, 2.45) is 0 Å². The quantitative estimate of drug-likeness (QED) is 0.647. The molecule has 1 atom stereocenters. The second kappa shape index (κ2) is 6.00. The van der Waals surface area contributed by atoms with Crippen molar-refractivity contribution >= 4 is 29.1 Å². The minimum Gasteiger partial charge on any atom is -0.465 e. The van der Waals surface area contributed by atoms with Crippen molar-refractivity contribution in [1.29, 1.82) is 0 Å². The zero-order valence-electron chi connectivity index (χ0n) is 10.4. The summed E-state index contributed by atoms with van der Waals surface area (Å²) in [5, 5.41) is 3.95. The van der Waals surface area contributed by atoms with Crippen molar-refractivity contribution in [2.75, 3.05) is 30.5 Å². The Morgan fingerprint density at radius 3 is 3.11 bits per heavy atom. The predicted molar refractivity (Wildman–Crippen MR) is 76.2 cm³/mol. The van der Waals surface area contributed by atoms with Gasteiger partial charge in [0.2, 0.25) is 0 Å². The molecule has 1 unspecified atom stereocenters. The van der Waals surface area contributed by atoms with Gasteiger partial charge in [0.1, 0.15) is 0 Å². The molecule has 0 aromatic heterocycles. The van der Waals surface area contributed by atoms with Crippen LogP contribution in [0.5, 0.6) is 0 Å². The van der Waals surface area contributed by atoms with Crippen LogP contribution in [0.1, 0.15) is 23.2 Å². The summed E-state index contributed by atoms with van der Waals surface area (Å²) < 4.78 is 4.76. The van der Waals surface area contributed by atoms with Crippen LogP contribution in [0.2, 0.25) is 0 Å². The largest absolute Gasteiger partial charge is 0.465 e. The van der Waals surface area contributed by atoms with Crippen LogP contribution in [0, 0.1) is 0 Å². The van der Waals surface area contributed by atoms with Crippen LogP contribution in [0.3, 0.4) is 0 Å². The highest BCUT2D eigenvalue weighted by atomic mass is 32.2. The van der Waals surface area contributed by atoms with Crippen molar-refractivity contribution < 1.29 is 9.53 Å². The summed E-state index contributed by atoms with van der Waals surface area (Å²) in [6.07, 6.45) is 2.52. The van der Waals surface area contributed by atoms with Crippen molar-refractivity contribution in [1.82, 2.24) is 0 Å². The third kappa shape index (κ3) is 3.10. The zero-order chi connectivity index (χ0) is 13.0. The van der Waals surface area contributed by atoms with Gasteiger partial charge in [-0.1, -0.05) is 0 Å². The van der Waals surface area contributed by atoms with Gasteiger partial charge in [0, 0.05) is 23.2 Å². The topological polar surface area (TPSA) is 64.3 Å². The first-order valence-electron chi connectivity index (χ1n) is 6.04. The number of esters is 1. The van der Waals surface area contributed by atoms with Gasteiger partial charge in [0.15, 0.2) is 0 Å². The van der Waals surface area contributed by atoms with Crippen molar-refractivity contribution in [3.05, 3.63) is 23.8 Å². The molecule has 1 aliphatic heterocycles. The molecular weight excluding hydrogens is 248 g/mol. The monoisotopic (exact) mass is 266 g/mol. The highest BCUT2D eigenvalue weighted by molar-refractivity contribution is 8.00. The third-order valence-corrected chi connectivity index (χ3v) is 4.39. The smallest absolute Gasteiger partial charge is 0.340 e. The molecule has 1 aromatic carbocycles. The molecule has 1 aromatic rings. The SMILES string of the molecule is COC(=O)c1cc(N)ccc1NCC1CCCS1. The second-order valence-electron chi connectivity index (χ2n) is 4.31. The molecule has 0 saturated carbocycles. The number of benzene rings is 1. The van der Waals surface area contributed by atoms with E-state index in [-0.39, 0.29) is 5.97 Å². The van der Waals surface area contributed by atoms with Crippen molar-refractivity contribution in [2.45, 2.75) is 18.1 Å². The summed E-state index contributed by atoms with van der Waals surface area (Å²) in [7, 11) is 1.38. The molecule has 0 spiro atoms. The summed E-state index contributed by atoms with van der Waals surface area (Å²) in [5.41, 5.74) is 7.56. The molecule has 5 heteroatoms. The molecule has 0 bridgehead atoms. The third-order valence-electron chi connectivity index (χ3n) is 2.99. The van der Waals surface area contributed by atoms with E-state index in [1.54, 1.807) is 12.1 Å². The number of ether oxygens (including phenoxy) is 1. The Labute approximate surface area is 111 Å². The van der Waals surface area contributed by atoms with Gasteiger partial charge in [-0.3, -0.25) is 0 Å². The van der Waals surface area contributed by atoms with Gasteiger partial charge >= 0.3 is 5.97 Å². The number of thioether (sulfide) groups is 1. The summed E-state index contributed by atoms with van der Waals surface area (Å²) >= 11 is 1.98. The standard InChI is InChI=1S/C13H18N2O2S/c1-17-13(16)11-7-9(14)4-5-12(11)15-8-10-3-2-6-18-10/h4-5,7,10,15H,2-3,6,8,14H2,1H3. The van der Waals surface area contributed by atoms with Gasteiger partial charge in [0.05, 0.1) is 12.7 Å². The maximum Gasteiger partial charge on any atom is 0.340 e. The Morgan fingerprint density at radius 2 is 2.44 bits per heavy atom. The molecule has 2 rings (SSSR count). The zero-order valence-corrected chi connectivity index (χ0v) is 11.3. The predicted octanol–water partition coefficient (Wildman–Crippen LogP) is 2.36. The van der Waals surface area contributed by atoms with Gasteiger partial charge in [-0.25, -0.2) is 4.79 Å². The van der Waals surface area contributed by atoms with Crippen LogP contribution in [0.25, 0.3) is 0 Å². The fourth-order valence-electron chi connectivity index (χ4n) is 2.02. The maximum atomic E-state index is 11.7. The fourth-order valence-corrected chi connectivity index (χ4v) is 3.23. The molecule has 0 radical (unpaired) electrons. The molecule has 0 amide bonds. The van der Waals surface area contributed by atoms with Gasteiger partial charge in [-0.15, -0.1) is 0 Å². The molecular formula is C13H18N2O2S. The van der Waals surface area contributed by atoms with Crippen LogP contribution in [-0.2, 0) is 4.74 Å². The minimum atomic E-state index is -0.358. The average molecular weight is 266 g/mol. The molecule has 1 heterocycles. The van der Waals surface area contributed by atoms with Gasteiger partial charge in [-0.2, -0.15) is 11.8 Å². The number of nitrogens with one attached hydrogen (secondary N) is 1. The first-order valence-corrected chi connectivity index (χ1v) is 7.09. The molecule has 1 aliphatic rings. The van der Waals surface area contributed by atoms with E-state index in [1.165, 1.54) is 25.7 Å². The molecule has 4 nitrogen and oxygen atoms in total. The summed E-state index contributed by atoms with van der Waals surface area (Å²) in [6.45, 7) is 0.874. The van der Waals surface area contributed by atoms with E-state index < -0.39 is 0 Å². The highest BCUT2D eigenvalue weighted by Crippen LogP contribution is 2.27. The number of carbonyl (C=O) groups excluding carboxylic acids is 1. The van der Waals surface area contributed by atoms with Crippen LogP contribution in [0.15, 0.2) is 18.2 Å². The number of rotatable bonds is 4. The lowest BCUT2D eigenvalue weighted by atomic mass is 10.1. The Hall–Kier alpha value is -1.36.